The summed E-state index contributed by atoms with van der Waals surface area (Å²) in [5.74, 6) is -1.01. The molecular formula is C48H85NO10P+. The number of esters is 2. The molecule has 4 atom stereocenters. The summed E-state index contributed by atoms with van der Waals surface area (Å²) in [4.78, 5) is 35.4. The standard InChI is InChI=1S/C48H84NO10P/c1-6-8-10-12-14-15-16-17-18-19-20-21-22-23-24-25-26-30-34-38-47(52)56-42-44(43-58-60(54,55)57-41-40-49(3,4)5)59-48(53)39-35-31-27-29-33-37-46(51)45(50)36-32-28-13-11-9-7-2/h14-15,17-18,20-21,23-24,26,28,30,32,44-46,50-51H,6-13,16,19,22,25,27,29,31,33-43H2,1-5H3/p+1/b15-14-,18-17-,21-20-,24-23-,30-26-,32-28-/t44-,45+,46+/m1/s1. The van der Waals surface area contributed by atoms with Gasteiger partial charge >= 0.3 is 19.8 Å². The largest absolute Gasteiger partial charge is 0.472 e. The second-order valence-electron chi connectivity index (χ2n) is 16.4. The highest BCUT2D eigenvalue weighted by molar-refractivity contribution is 7.47. The Morgan fingerprint density at radius 2 is 1.10 bits per heavy atom. The molecule has 0 heterocycles. The van der Waals surface area contributed by atoms with Crippen LogP contribution < -0.4 is 0 Å². The third-order valence-corrected chi connectivity index (χ3v) is 10.4. The fourth-order valence-corrected chi connectivity index (χ4v) is 6.41. The number of phosphoric acid groups is 1. The summed E-state index contributed by atoms with van der Waals surface area (Å²) in [6.45, 7) is 4.05. The Balaban J connectivity index is 4.59. The Bertz CT molecular complexity index is 1290. The summed E-state index contributed by atoms with van der Waals surface area (Å²) in [6.07, 6.45) is 41.3. The van der Waals surface area contributed by atoms with Crippen molar-refractivity contribution in [3.8, 4) is 0 Å². The predicted octanol–water partition coefficient (Wildman–Crippen LogP) is 11.0. The lowest BCUT2D eigenvalue weighted by atomic mass is 10.0. The number of phosphoric ester groups is 1. The molecule has 60 heavy (non-hydrogen) atoms. The van der Waals surface area contributed by atoms with E-state index in [0.717, 1.165) is 64.2 Å². The molecule has 0 fully saturated rings. The van der Waals surface area contributed by atoms with Gasteiger partial charge in [0.05, 0.1) is 40.0 Å². The Labute approximate surface area is 364 Å². The van der Waals surface area contributed by atoms with Crippen molar-refractivity contribution in [2.45, 2.75) is 173 Å². The molecule has 0 rings (SSSR count). The molecule has 0 aromatic rings. The minimum Gasteiger partial charge on any atom is -0.462 e. The topological polar surface area (TPSA) is 149 Å². The molecule has 0 aliphatic carbocycles. The quantitative estimate of drug-likeness (QED) is 0.0179. The van der Waals surface area contributed by atoms with Crippen LogP contribution in [0, 0.1) is 0 Å². The zero-order valence-electron chi connectivity index (χ0n) is 38.1. The fourth-order valence-electron chi connectivity index (χ4n) is 5.67. The van der Waals surface area contributed by atoms with Crippen molar-refractivity contribution in [3.63, 3.8) is 0 Å². The summed E-state index contributed by atoms with van der Waals surface area (Å²) in [5, 5.41) is 20.5. The molecule has 1 unspecified atom stereocenters. The van der Waals surface area contributed by atoms with E-state index in [0.29, 0.717) is 36.7 Å². The minimum atomic E-state index is -4.44. The van der Waals surface area contributed by atoms with Crippen molar-refractivity contribution >= 4 is 19.8 Å². The molecule has 0 aromatic heterocycles. The highest BCUT2D eigenvalue weighted by atomic mass is 31.2. The molecule has 0 amide bonds. The fraction of sp³-hybridized carbons (Fsp3) is 0.708. The van der Waals surface area contributed by atoms with Crippen molar-refractivity contribution in [2.75, 3.05) is 47.5 Å². The van der Waals surface area contributed by atoms with Crippen LogP contribution in [-0.2, 0) is 32.7 Å². The number of unbranched alkanes of at least 4 members (excludes halogenated alkanes) is 10. The number of nitrogens with zero attached hydrogens (tertiary/aromatic N) is 1. The molecule has 11 nitrogen and oxygen atoms in total. The zero-order chi connectivity index (χ0) is 44.6. The number of hydrogen-bond acceptors (Lipinski definition) is 9. The monoisotopic (exact) mass is 867 g/mol. The number of carbonyl (C=O) groups excluding carboxylic acids is 2. The van der Waals surface area contributed by atoms with Crippen LogP contribution in [0.15, 0.2) is 72.9 Å². The number of aliphatic hydroxyl groups is 2. The van der Waals surface area contributed by atoms with Crippen molar-refractivity contribution < 1.29 is 52.3 Å². The van der Waals surface area contributed by atoms with Crippen LogP contribution >= 0.6 is 7.82 Å². The summed E-state index contributed by atoms with van der Waals surface area (Å²) in [6, 6.07) is 0. The van der Waals surface area contributed by atoms with Gasteiger partial charge in [0.15, 0.2) is 6.10 Å². The average Bonchev–Trinajstić information content (AvgIpc) is 3.19. The van der Waals surface area contributed by atoms with Crippen LogP contribution in [0.1, 0.15) is 155 Å². The van der Waals surface area contributed by atoms with E-state index >= 15 is 0 Å². The van der Waals surface area contributed by atoms with E-state index < -0.39 is 44.7 Å². The first-order chi connectivity index (χ1) is 28.8. The smallest absolute Gasteiger partial charge is 0.462 e. The van der Waals surface area contributed by atoms with Crippen LogP contribution in [0.4, 0.5) is 0 Å². The number of carbonyl (C=O) groups is 2. The second-order valence-corrected chi connectivity index (χ2v) is 17.8. The Morgan fingerprint density at radius 3 is 1.67 bits per heavy atom. The van der Waals surface area contributed by atoms with E-state index in [1.54, 1.807) is 0 Å². The number of allylic oxidation sites excluding steroid dienone is 11. The molecule has 0 bridgehead atoms. The van der Waals surface area contributed by atoms with Gasteiger partial charge in [0.1, 0.15) is 19.8 Å². The third-order valence-electron chi connectivity index (χ3n) is 9.42. The van der Waals surface area contributed by atoms with Crippen molar-refractivity contribution in [1.29, 1.82) is 0 Å². The molecule has 0 saturated carbocycles. The molecule has 0 spiro atoms. The number of hydrogen-bond donors (Lipinski definition) is 3. The van der Waals surface area contributed by atoms with Crippen LogP contribution in [-0.4, -0.2) is 97.3 Å². The van der Waals surface area contributed by atoms with Crippen LogP contribution in [0.3, 0.4) is 0 Å². The number of quaternary nitrogens is 1. The maximum absolute atomic E-state index is 12.7. The van der Waals surface area contributed by atoms with Gasteiger partial charge in [-0.3, -0.25) is 18.6 Å². The SMILES string of the molecule is CCCCC/C=C\C/C=C\C/C=C\C/C=C\C/C=C\CCC(=O)OC[C@H](COP(=O)(O)OCC[N+](C)(C)C)OC(=O)CCCCCCC[C@H](O)[C@@H](O)C/C=C\CCCCC. The average molecular weight is 867 g/mol. The first-order valence-corrected chi connectivity index (χ1v) is 24.3. The molecule has 0 radical (unpaired) electrons. The lowest BCUT2D eigenvalue weighted by molar-refractivity contribution is -0.870. The van der Waals surface area contributed by atoms with E-state index in [-0.39, 0.29) is 26.1 Å². The number of likely N-dealkylation sites (N-methyl/N-ethyl adjacent to an activating group) is 1. The van der Waals surface area contributed by atoms with Gasteiger partial charge in [0, 0.05) is 12.8 Å². The van der Waals surface area contributed by atoms with E-state index in [9.17, 15) is 29.3 Å². The minimum absolute atomic E-state index is 0.0112. The lowest BCUT2D eigenvalue weighted by Gasteiger charge is -2.24. The number of rotatable bonds is 40. The molecule has 0 saturated heterocycles. The molecule has 346 valence electrons. The normalized spacial score (nSPS) is 15.3. The highest BCUT2D eigenvalue weighted by Gasteiger charge is 2.27. The maximum Gasteiger partial charge on any atom is 0.472 e. The van der Waals surface area contributed by atoms with Gasteiger partial charge in [-0.15, -0.1) is 0 Å². The maximum atomic E-state index is 12.7. The van der Waals surface area contributed by atoms with Gasteiger partial charge in [0.2, 0.25) is 0 Å². The van der Waals surface area contributed by atoms with Gasteiger partial charge < -0.3 is 29.1 Å². The Hall–Kier alpha value is -2.63. The summed E-state index contributed by atoms with van der Waals surface area (Å²) in [5.41, 5.74) is 0. The van der Waals surface area contributed by atoms with Crippen molar-refractivity contribution in [2.24, 2.45) is 0 Å². The van der Waals surface area contributed by atoms with Crippen LogP contribution in [0.25, 0.3) is 0 Å². The lowest BCUT2D eigenvalue weighted by Crippen LogP contribution is -2.37. The number of aliphatic hydroxyl groups excluding tert-OH is 2. The molecule has 3 N–H and O–H groups in total. The van der Waals surface area contributed by atoms with Gasteiger partial charge in [-0.1, -0.05) is 138 Å². The second kappa shape index (κ2) is 39.2. The summed E-state index contributed by atoms with van der Waals surface area (Å²) in [7, 11) is 1.33. The van der Waals surface area contributed by atoms with Gasteiger partial charge in [0.25, 0.3) is 0 Å². The molecular weight excluding hydrogens is 781 g/mol. The molecule has 0 aromatic carbocycles. The van der Waals surface area contributed by atoms with Gasteiger partial charge in [-0.2, -0.15) is 0 Å². The Morgan fingerprint density at radius 1 is 0.583 bits per heavy atom. The first kappa shape index (κ1) is 57.4. The van der Waals surface area contributed by atoms with Gasteiger partial charge in [-0.25, -0.2) is 4.57 Å². The van der Waals surface area contributed by atoms with Crippen molar-refractivity contribution in [3.05, 3.63) is 72.9 Å². The van der Waals surface area contributed by atoms with E-state index in [1.807, 2.05) is 39.4 Å². The van der Waals surface area contributed by atoms with E-state index in [1.165, 1.54) is 38.5 Å². The first-order valence-electron chi connectivity index (χ1n) is 22.8. The summed E-state index contributed by atoms with van der Waals surface area (Å²) < 4.78 is 34.1. The van der Waals surface area contributed by atoms with E-state index in [2.05, 4.69) is 68.5 Å². The van der Waals surface area contributed by atoms with Crippen LogP contribution in [0.5, 0.6) is 0 Å². The summed E-state index contributed by atoms with van der Waals surface area (Å²) >= 11 is 0. The highest BCUT2D eigenvalue weighted by Crippen LogP contribution is 2.43. The Kier molecular flexibility index (Phi) is 37.5. The third kappa shape index (κ3) is 40.8. The molecule has 0 aliphatic rings. The predicted molar refractivity (Wildman–Crippen MR) is 245 cm³/mol. The molecule has 0 aliphatic heterocycles. The van der Waals surface area contributed by atoms with E-state index in [4.69, 9.17) is 18.5 Å². The van der Waals surface area contributed by atoms with Crippen LogP contribution in [0.2, 0.25) is 0 Å². The molecule has 12 heteroatoms. The number of ether oxygens (including phenoxy) is 2. The zero-order valence-corrected chi connectivity index (χ0v) is 39.0. The van der Waals surface area contributed by atoms with Gasteiger partial charge in [-0.05, 0) is 77.0 Å². The van der Waals surface area contributed by atoms with Crippen molar-refractivity contribution in [1.82, 2.24) is 0 Å².